The number of nitrogens with one attached hydrogen (secondary N) is 3. The van der Waals surface area contributed by atoms with Crippen LogP contribution in [0.3, 0.4) is 0 Å². The monoisotopic (exact) mass is 495 g/mol. The first-order chi connectivity index (χ1) is 17.5. The molecule has 0 saturated heterocycles. The molecular formula is C25H33N7O4. The molecule has 2 aliphatic carbocycles. The van der Waals surface area contributed by atoms with Crippen molar-refractivity contribution in [2.24, 2.45) is 0 Å². The van der Waals surface area contributed by atoms with Gasteiger partial charge in [0.25, 0.3) is 11.5 Å². The summed E-state index contributed by atoms with van der Waals surface area (Å²) in [4.78, 5) is 30.7. The summed E-state index contributed by atoms with van der Waals surface area (Å²) in [6.07, 6.45) is 9.10. The van der Waals surface area contributed by atoms with Crippen LogP contribution in [0.1, 0.15) is 55.1 Å². The van der Waals surface area contributed by atoms with E-state index in [1.54, 1.807) is 38.0 Å². The van der Waals surface area contributed by atoms with Gasteiger partial charge in [-0.2, -0.15) is 0 Å². The molecule has 3 aromatic heterocycles. The molecule has 2 saturated carbocycles. The fourth-order valence-corrected chi connectivity index (χ4v) is 5.12. The lowest BCUT2D eigenvalue weighted by atomic mass is 9.89. The van der Waals surface area contributed by atoms with Crippen LogP contribution in [0.15, 0.2) is 35.4 Å². The van der Waals surface area contributed by atoms with Crippen LogP contribution in [-0.4, -0.2) is 64.6 Å². The largest absolute Gasteiger partial charge is 0.385 e. The van der Waals surface area contributed by atoms with Gasteiger partial charge in [-0.3, -0.25) is 9.59 Å². The number of pyridine rings is 1. The summed E-state index contributed by atoms with van der Waals surface area (Å²) in [5.74, 6) is 0.157. The molecule has 3 heterocycles. The molecule has 0 aliphatic heterocycles. The molecule has 0 spiro atoms. The first-order valence-corrected chi connectivity index (χ1v) is 12.4. The van der Waals surface area contributed by atoms with E-state index < -0.39 is 0 Å². The zero-order valence-corrected chi connectivity index (χ0v) is 20.9. The quantitative estimate of drug-likeness (QED) is 0.436. The zero-order chi connectivity index (χ0) is 25.2. The highest BCUT2D eigenvalue weighted by atomic mass is 16.5. The van der Waals surface area contributed by atoms with Crippen molar-refractivity contribution in [2.75, 3.05) is 31.9 Å². The first-order valence-electron chi connectivity index (χ1n) is 12.4. The lowest BCUT2D eigenvalue weighted by Crippen LogP contribution is -2.51. The van der Waals surface area contributed by atoms with Crippen LogP contribution in [0, 0.1) is 0 Å². The average molecular weight is 496 g/mol. The normalized spacial score (nSPS) is 23.8. The molecule has 5 rings (SSSR count). The number of methoxy groups -OCH3 is 2. The Morgan fingerprint density at radius 3 is 2.56 bits per heavy atom. The molecule has 36 heavy (non-hydrogen) atoms. The number of anilines is 3. The molecule has 11 heteroatoms. The lowest BCUT2D eigenvalue weighted by Gasteiger charge is -2.35. The summed E-state index contributed by atoms with van der Waals surface area (Å²) >= 11 is 0. The highest BCUT2D eigenvalue weighted by Gasteiger charge is 2.33. The molecule has 2 fully saturated rings. The fourth-order valence-electron chi connectivity index (χ4n) is 5.12. The van der Waals surface area contributed by atoms with Crippen molar-refractivity contribution in [1.82, 2.24) is 24.5 Å². The summed E-state index contributed by atoms with van der Waals surface area (Å²) in [6, 6.07) is 5.50. The molecule has 0 radical (unpaired) electrons. The number of imidazole rings is 1. The number of aromatic nitrogens is 4. The Balaban J connectivity index is 1.41. The van der Waals surface area contributed by atoms with Gasteiger partial charge in [-0.15, -0.1) is 5.10 Å². The Morgan fingerprint density at radius 1 is 1.08 bits per heavy atom. The number of carbonyl (C=O) groups is 1. The van der Waals surface area contributed by atoms with Gasteiger partial charge >= 0.3 is 0 Å². The van der Waals surface area contributed by atoms with Gasteiger partial charge < -0.3 is 30.0 Å². The van der Waals surface area contributed by atoms with Crippen LogP contribution in [0.2, 0.25) is 0 Å². The third-order valence-electron chi connectivity index (χ3n) is 7.41. The van der Waals surface area contributed by atoms with E-state index in [9.17, 15) is 9.59 Å². The van der Waals surface area contributed by atoms with Crippen LogP contribution in [0.25, 0.3) is 5.65 Å². The second-order valence-corrected chi connectivity index (χ2v) is 9.43. The summed E-state index contributed by atoms with van der Waals surface area (Å²) in [6.45, 7) is 0. The number of carbonyl (C=O) groups excluding carboxylic acids is 1. The average Bonchev–Trinajstić information content (AvgIpc) is 3.32. The molecule has 11 nitrogen and oxygen atoms in total. The number of hydrogen-bond donors (Lipinski definition) is 3. The maximum atomic E-state index is 13.3. The third kappa shape index (κ3) is 4.56. The van der Waals surface area contributed by atoms with Gasteiger partial charge in [0.15, 0.2) is 17.2 Å². The van der Waals surface area contributed by atoms with Gasteiger partial charge in [0.05, 0.1) is 30.1 Å². The van der Waals surface area contributed by atoms with Gasteiger partial charge in [-0.1, -0.05) is 0 Å². The van der Waals surface area contributed by atoms with Crippen molar-refractivity contribution in [3.05, 3.63) is 46.6 Å². The topological polar surface area (TPSA) is 124 Å². The van der Waals surface area contributed by atoms with Crippen LogP contribution >= 0.6 is 0 Å². The molecule has 3 N–H and O–H groups in total. The van der Waals surface area contributed by atoms with Crippen LogP contribution in [-0.2, 0) is 9.47 Å². The standard InChI is InChI=1S/C25H33N7O4/c1-26-19-13-22(28-18-5-4-12-31(25(18)34)15-6-8-16(35-2)9-7-15)30-32-20(14-27-23(19)32)24(33)29-17-10-11-21(17)36-3/h4-5,12-17,21,26H,6-11H2,1-3H3,(H,28,30)(H,29,33)/t15-,16-,17-,21-/m1/s1. The molecule has 192 valence electrons. The molecule has 0 unspecified atom stereocenters. The van der Waals surface area contributed by atoms with Crippen molar-refractivity contribution in [1.29, 1.82) is 0 Å². The Morgan fingerprint density at radius 2 is 1.89 bits per heavy atom. The van der Waals surface area contributed by atoms with Crippen molar-refractivity contribution >= 4 is 28.7 Å². The molecular weight excluding hydrogens is 462 g/mol. The van der Waals surface area contributed by atoms with E-state index in [0.29, 0.717) is 28.5 Å². The van der Waals surface area contributed by atoms with Crippen LogP contribution in [0.4, 0.5) is 17.2 Å². The van der Waals surface area contributed by atoms with Crippen LogP contribution in [0.5, 0.6) is 0 Å². The van der Waals surface area contributed by atoms with Gasteiger partial charge in [0.1, 0.15) is 5.69 Å². The van der Waals surface area contributed by atoms with E-state index in [1.807, 2.05) is 12.3 Å². The Hall–Kier alpha value is -3.44. The number of amides is 1. The highest BCUT2D eigenvalue weighted by Crippen LogP contribution is 2.29. The summed E-state index contributed by atoms with van der Waals surface area (Å²) in [5.41, 5.74) is 1.83. The summed E-state index contributed by atoms with van der Waals surface area (Å²) in [7, 11) is 5.17. The number of fused-ring (bicyclic) bond motifs is 1. The SMILES string of the molecule is CNc1cc(Nc2cccn([C@H]3CC[C@H](OC)CC3)c2=O)nn2c(C(=O)N[C@@H]3CC[C@H]3OC)cnc12. The van der Waals surface area contributed by atoms with E-state index in [1.165, 1.54) is 10.7 Å². The van der Waals surface area contributed by atoms with Crippen LogP contribution < -0.4 is 21.5 Å². The minimum atomic E-state index is -0.269. The van der Waals surface area contributed by atoms with Gasteiger partial charge in [-0.05, 0) is 50.7 Å². The molecule has 2 atom stereocenters. The molecule has 3 aromatic rings. The van der Waals surface area contributed by atoms with Gasteiger partial charge in [-0.25, -0.2) is 9.50 Å². The number of rotatable bonds is 8. The maximum Gasteiger partial charge on any atom is 0.274 e. The van der Waals surface area contributed by atoms with E-state index in [0.717, 1.165) is 38.5 Å². The molecule has 0 aromatic carbocycles. The second kappa shape index (κ2) is 10.3. The number of hydrogen-bond acceptors (Lipinski definition) is 8. The third-order valence-corrected chi connectivity index (χ3v) is 7.41. The second-order valence-electron chi connectivity index (χ2n) is 9.43. The summed E-state index contributed by atoms with van der Waals surface area (Å²) in [5, 5.41) is 13.9. The predicted octanol–water partition coefficient (Wildman–Crippen LogP) is 2.71. The Labute approximate surface area is 209 Å². The Kier molecular flexibility index (Phi) is 6.92. The number of nitrogens with zero attached hydrogens (tertiary/aromatic N) is 4. The van der Waals surface area contributed by atoms with Crippen molar-refractivity contribution in [3.8, 4) is 0 Å². The maximum absolute atomic E-state index is 13.3. The van der Waals surface area contributed by atoms with Gasteiger partial charge in [0.2, 0.25) is 0 Å². The molecule has 1 amide bonds. The molecule has 0 bridgehead atoms. The van der Waals surface area contributed by atoms with E-state index in [2.05, 4.69) is 26.0 Å². The van der Waals surface area contributed by atoms with Crippen molar-refractivity contribution < 1.29 is 14.3 Å². The minimum Gasteiger partial charge on any atom is -0.385 e. The number of ether oxygens (including phenoxy) is 2. The summed E-state index contributed by atoms with van der Waals surface area (Å²) < 4.78 is 14.2. The van der Waals surface area contributed by atoms with E-state index in [4.69, 9.17) is 9.47 Å². The van der Waals surface area contributed by atoms with E-state index >= 15 is 0 Å². The minimum absolute atomic E-state index is 0.0241. The zero-order valence-electron chi connectivity index (χ0n) is 20.9. The first kappa shape index (κ1) is 24.3. The lowest BCUT2D eigenvalue weighted by molar-refractivity contribution is 0.00718. The molecule has 2 aliphatic rings. The Bertz CT molecular complexity index is 1290. The fraction of sp³-hybridized carbons (Fsp3) is 0.520. The van der Waals surface area contributed by atoms with Crippen molar-refractivity contribution in [3.63, 3.8) is 0 Å². The van der Waals surface area contributed by atoms with Gasteiger partial charge in [0, 0.05) is 39.6 Å². The highest BCUT2D eigenvalue weighted by molar-refractivity contribution is 5.94. The predicted molar refractivity (Wildman–Crippen MR) is 136 cm³/mol. The smallest absolute Gasteiger partial charge is 0.274 e. The van der Waals surface area contributed by atoms with E-state index in [-0.39, 0.29) is 35.8 Å². The van der Waals surface area contributed by atoms with Crippen molar-refractivity contribution in [2.45, 2.75) is 62.8 Å².